The molecule has 0 heterocycles. The Morgan fingerprint density at radius 1 is 1.53 bits per heavy atom. The van der Waals surface area contributed by atoms with Crippen LogP contribution in [0.3, 0.4) is 0 Å². The third kappa shape index (κ3) is 4.70. The van der Waals surface area contributed by atoms with Crippen molar-refractivity contribution in [1.29, 1.82) is 0 Å². The van der Waals surface area contributed by atoms with Crippen LogP contribution >= 0.6 is 11.6 Å². The highest BCUT2D eigenvalue weighted by molar-refractivity contribution is 6.32. The van der Waals surface area contributed by atoms with E-state index in [4.69, 9.17) is 21.1 Å². The van der Waals surface area contributed by atoms with Gasteiger partial charge in [0.25, 0.3) is 0 Å². The monoisotopic (exact) mass is 287 g/mol. The number of benzene rings is 1. The summed E-state index contributed by atoms with van der Waals surface area (Å²) in [6, 6.07) is 3.98. The number of rotatable bonds is 7. The second-order valence-corrected chi connectivity index (χ2v) is 4.25. The van der Waals surface area contributed by atoms with Crippen molar-refractivity contribution in [3.8, 4) is 5.75 Å². The van der Waals surface area contributed by atoms with Crippen LogP contribution in [-0.4, -0.2) is 37.9 Å². The van der Waals surface area contributed by atoms with Gasteiger partial charge in [-0.25, -0.2) is 4.79 Å². The molecule has 6 heteroatoms. The predicted molar refractivity (Wildman–Crippen MR) is 72.4 cm³/mol. The van der Waals surface area contributed by atoms with Crippen LogP contribution in [0.2, 0.25) is 5.02 Å². The lowest BCUT2D eigenvalue weighted by Crippen LogP contribution is -2.32. The van der Waals surface area contributed by atoms with Gasteiger partial charge in [-0.05, 0) is 24.6 Å². The van der Waals surface area contributed by atoms with E-state index in [9.17, 15) is 9.90 Å². The van der Waals surface area contributed by atoms with E-state index in [0.717, 1.165) is 0 Å². The first-order valence-corrected chi connectivity index (χ1v) is 6.35. The Morgan fingerprint density at radius 2 is 2.26 bits per heavy atom. The maximum Gasteiger partial charge on any atom is 0.327 e. The Hall–Kier alpha value is -1.30. The van der Waals surface area contributed by atoms with E-state index in [1.807, 2.05) is 0 Å². The molecule has 0 aromatic heterocycles. The highest BCUT2D eigenvalue weighted by Crippen LogP contribution is 2.27. The molecule has 0 amide bonds. The van der Waals surface area contributed by atoms with Gasteiger partial charge in [0, 0.05) is 13.7 Å². The van der Waals surface area contributed by atoms with Gasteiger partial charge in [0.1, 0.15) is 11.8 Å². The smallest absolute Gasteiger partial charge is 0.327 e. The average Bonchev–Trinajstić information content (AvgIpc) is 2.38. The summed E-state index contributed by atoms with van der Waals surface area (Å²) < 4.78 is 9.94. The normalized spacial score (nSPS) is 12.2. The van der Waals surface area contributed by atoms with Gasteiger partial charge in [-0.1, -0.05) is 17.7 Å². The molecule has 1 unspecified atom stereocenters. The van der Waals surface area contributed by atoms with E-state index in [1.54, 1.807) is 20.1 Å². The summed E-state index contributed by atoms with van der Waals surface area (Å²) in [5.41, 5.74) is 0.636. The molecule has 0 aliphatic heterocycles. The molecule has 0 bridgehead atoms. The summed E-state index contributed by atoms with van der Waals surface area (Å²) in [6.45, 7) is 3.02. The fourth-order valence-electron chi connectivity index (χ4n) is 1.57. The predicted octanol–water partition coefficient (Wildman–Crippen LogP) is 1.89. The number of nitrogens with one attached hydrogen (secondary N) is 1. The molecule has 0 fully saturated rings. The van der Waals surface area contributed by atoms with Crippen molar-refractivity contribution < 1.29 is 19.4 Å². The van der Waals surface area contributed by atoms with Gasteiger partial charge in [-0.2, -0.15) is 0 Å². The number of hydrogen-bond acceptors (Lipinski definition) is 5. The van der Waals surface area contributed by atoms with E-state index in [2.05, 4.69) is 5.32 Å². The maximum absolute atomic E-state index is 11.9. The second kappa shape index (κ2) is 7.99. The van der Waals surface area contributed by atoms with Gasteiger partial charge in [0.2, 0.25) is 0 Å². The largest absolute Gasteiger partial charge is 0.506 e. The number of methoxy groups -OCH3 is 1. The lowest BCUT2D eigenvalue weighted by atomic mass is 10.1. The molecular weight excluding hydrogens is 270 g/mol. The lowest BCUT2D eigenvalue weighted by molar-refractivity contribution is -0.145. The molecule has 0 radical (unpaired) electrons. The Morgan fingerprint density at radius 3 is 2.84 bits per heavy atom. The van der Waals surface area contributed by atoms with E-state index in [-0.39, 0.29) is 16.7 Å². The summed E-state index contributed by atoms with van der Waals surface area (Å²) >= 11 is 5.85. The van der Waals surface area contributed by atoms with Gasteiger partial charge in [-0.15, -0.1) is 0 Å². The molecule has 2 N–H and O–H groups in total. The maximum atomic E-state index is 11.9. The van der Waals surface area contributed by atoms with Crippen LogP contribution in [0.1, 0.15) is 18.5 Å². The van der Waals surface area contributed by atoms with E-state index in [1.165, 1.54) is 12.1 Å². The van der Waals surface area contributed by atoms with Crippen LogP contribution in [-0.2, 0) is 14.3 Å². The van der Waals surface area contributed by atoms with E-state index in [0.29, 0.717) is 25.3 Å². The number of ether oxygens (including phenoxy) is 2. The van der Waals surface area contributed by atoms with Crippen molar-refractivity contribution in [2.24, 2.45) is 0 Å². The zero-order valence-electron chi connectivity index (χ0n) is 11.0. The highest BCUT2D eigenvalue weighted by Gasteiger charge is 2.22. The second-order valence-electron chi connectivity index (χ2n) is 3.84. The number of hydrogen-bond donors (Lipinski definition) is 2. The van der Waals surface area contributed by atoms with Crippen LogP contribution < -0.4 is 5.32 Å². The number of halogens is 1. The number of carbonyl (C=O) groups is 1. The molecule has 1 rings (SSSR count). The molecule has 0 aliphatic rings. The molecule has 0 saturated heterocycles. The molecule has 0 saturated carbocycles. The van der Waals surface area contributed by atoms with Crippen LogP contribution in [0.25, 0.3) is 0 Å². The zero-order chi connectivity index (χ0) is 14.3. The van der Waals surface area contributed by atoms with Gasteiger partial charge < -0.3 is 14.6 Å². The van der Waals surface area contributed by atoms with Crippen molar-refractivity contribution in [3.63, 3.8) is 0 Å². The minimum Gasteiger partial charge on any atom is -0.506 e. The first-order chi connectivity index (χ1) is 9.10. The molecule has 1 atom stereocenters. The molecule has 19 heavy (non-hydrogen) atoms. The molecule has 5 nitrogen and oxygen atoms in total. The lowest BCUT2D eigenvalue weighted by Gasteiger charge is -2.18. The van der Waals surface area contributed by atoms with Crippen LogP contribution in [0, 0.1) is 0 Å². The number of phenolic OH excluding ortho intramolecular Hbond substituents is 1. The SMILES string of the molecule is CCOC(=O)C(NCCOC)c1ccc(O)c(Cl)c1. The molecule has 0 aliphatic carbocycles. The molecular formula is C13H18ClNO4. The summed E-state index contributed by atoms with van der Waals surface area (Å²) in [6.07, 6.45) is 0. The van der Waals surface area contributed by atoms with Gasteiger partial charge >= 0.3 is 5.97 Å². The van der Waals surface area contributed by atoms with E-state index < -0.39 is 6.04 Å². The third-order valence-corrected chi connectivity index (χ3v) is 2.78. The Bertz CT molecular complexity index is 425. The summed E-state index contributed by atoms with van der Waals surface area (Å²) in [5.74, 6) is -0.412. The first kappa shape index (κ1) is 15.8. The van der Waals surface area contributed by atoms with Crippen molar-refractivity contribution in [3.05, 3.63) is 28.8 Å². The highest BCUT2D eigenvalue weighted by atomic mass is 35.5. The Labute approximate surface area is 117 Å². The first-order valence-electron chi connectivity index (χ1n) is 5.97. The van der Waals surface area contributed by atoms with Crippen LogP contribution in [0.5, 0.6) is 5.75 Å². The van der Waals surface area contributed by atoms with Gasteiger partial charge in [0.05, 0.1) is 18.2 Å². The minimum atomic E-state index is -0.631. The zero-order valence-corrected chi connectivity index (χ0v) is 11.7. The van der Waals surface area contributed by atoms with Crippen molar-refractivity contribution in [2.75, 3.05) is 26.9 Å². The van der Waals surface area contributed by atoms with Crippen LogP contribution in [0.4, 0.5) is 0 Å². The van der Waals surface area contributed by atoms with Crippen molar-refractivity contribution in [1.82, 2.24) is 5.32 Å². The number of aromatic hydroxyl groups is 1. The summed E-state index contributed by atoms with van der Waals surface area (Å²) in [4.78, 5) is 11.9. The Balaban J connectivity index is 2.87. The summed E-state index contributed by atoms with van der Waals surface area (Å²) in [5, 5.41) is 12.6. The van der Waals surface area contributed by atoms with Gasteiger partial charge in [0.15, 0.2) is 0 Å². The fourth-order valence-corrected chi connectivity index (χ4v) is 1.76. The quantitative estimate of drug-likeness (QED) is 0.592. The minimum absolute atomic E-state index is 0.0232. The van der Waals surface area contributed by atoms with Gasteiger partial charge in [-0.3, -0.25) is 5.32 Å². The molecule has 1 aromatic rings. The Kier molecular flexibility index (Phi) is 6.62. The van der Waals surface area contributed by atoms with Crippen molar-refractivity contribution >= 4 is 17.6 Å². The molecule has 0 spiro atoms. The molecule has 1 aromatic carbocycles. The topological polar surface area (TPSA) is 67.8 Å². The number of phenols is 1. The van der Waals surface area contributed by atoms with Crippen LogP contribution in [0.15, 0.2) is 18.2 Å². The number of carbonyl (C=O) groups excluding carboxylic acids is 1. The number of esters is 1. The van der Waals surface area contributed by atoms with Crippen molar-refractivity contribution in [2.45, 2.75) is 13.0 Å². The third-order valence-electron chi connectivity index (χ3n) is 2.48. The van der Waals surface area contributed by atoms with E-state index >= 15 is 0 Å². The standard InChI is InChI=1S/C13H18ClNO4/c1-3-19-13(17)12(15-6-7-18-2)9-4-5-11(16)10(14)8-9/h4-5,8,12,15-16H,3,6-7H2,1-2H3. The fraction of sp³-hybridized carbons (Fsp3) is 0.462. The summed E-state index contributed by atoms with van der Waals surface area (Å²) in [7, 11) is 1.58. The molecule has 106 valence electrons. The average molecular weight is 288 g/mol.